The highest BCUT2D eigenvalue weighted by molar-refractivity contribution is 8.02. The van der Waals surface area contributed by atoms with Crippen LogP contribution in [0.2, 0.25) is 0 Å². The van der Waals surface area contributed by atoms with Crippen molar-refractivity contribution in [3.05, 3.63) is 21.0 Å². The molecule has 0 spiro atoms. The van der Waals surface area contributed by atoms with Crippen LogP contribution in [0.4, 0.5) is 0 Å². The number of hydrogen-bond donors (Lipinski definition) is 2. The van der Waals surface area contributed by atoms with Gasteiger partial charge in [-0.25, -0.2) is 0 Å². The van der Waals surface area contributed by atoms with Gasteiger partial charge in [0.2, 0.25) is 0 Å². The molecule has 6 heteroatoms. The molecule has 0 rings (SSSR count). The average Bonchev–Trinajstić information content (AvgIpc) is 2.01. The Morgan fingerprint density at radius 1 is 1.92 bits per heavy atom. The Morgan fingerprint density at radius 3 is 2.83 bits per heavy atom. The van der Waals surface area contributed by atoms with Gasteiger partial charge >= 0.3 is 5.03 Å². The molecular weight excluding hydrogens is 178 g/mol. The van der Waals surface area contributed by atoms with Gasteiger partial charge in [-0.05, 0) is 6.26 Å². The number of nitrogens with one attached hydrogen (secondary N) is 1. The molecule has 0 saturated heterocycles. The quantitative estimate of drug-likeness (QED) is 0.366. The van der Waals surface area contributed by atoms with Gasteiger partial charge in [-0.2, -0.15) is 0 Å². The Bertz CT molecular complexity index is 244. The fourth-order valence-corrected chi connectivity index (χ4v) is 0.946. The van der Waals surface area contributed by atoms with E-state index in [9.17, 15) is 10.1 Å². The summed E-state index contributed by atoms with van der Waals surface area (Å²) in [6.07, 6.45) is 6.50. The van der Waals surface area contributed by atoms with Gasteiger partial charge in [0.05, 0.1) is 11.5 Å². The molecule has 0 saturated carbocycles. The second-order valence-electron chi connectivity index (χ2n) is 1.74. The van der Waals surface area contributed by atoms with Crippen molar-refractivity contribution in [2.75, 3.05) is 12.8 Å². The van der Waals surface area contributed by atoms with E-state index in [1.807, 2.05) is 0 Å². The Kier molecular flexibility index (Phi) is 4.72. The maximum Gasteiger partial charge on any atom is 0.342 e. The molecule has 0 amide bonds. The summed E-state index contributed by atoms with van der Waals surface area (Å²) in [7, 11) is 0. The van der Waals surface area contributed by atoms with E-state index in [4.69, 9.17) is 12.2 Å². The van der Waals surface area contributed by atoms with Gasteiger partial charge < -0.3 is 11.1 Å². The van der Waals surface area contributed by atoms with Gasteiger partial charge in [0.25, 0.3) is 0 Å². The smallest absolute Gasteiger partial charge is 0.342 e. The number of terminal acetylenes is 1. The minimum atomic E-state index is -0.552. The van der Waals surface area contributed by atoms with Crippen LogP contribution in [-0.4, -0.2) is 17.7 Å². The molecule has 0 radical (unpaired) electrons. The lowest BCUT2D eigenvalue weighted by Gasteiger charge is -2.01. The van der Waals surface area contributed by atoms with Crippen molar-refractivity contribution in [2.45, 2.75) is 0 Å². The first-order valence-electron chi connectivity index (χ1n) is 2.99. The second-order valence-corrected chi connectivity index (χ2v) is 2.53. The molecule has 0 aliphatic heterocycles. The van der Waals surface area contributed by atoms with E-state index in [-0.39, 0.29) is 17.4 Å². The van der Waals surface area contributed by atoms with Crippen LogP contribution in [-0.2, 0) is 0 Å². The number of rotatable bonds is 4. The molecule has 0 heterocycles. The zero-order chi connectivity index (χ0) is 9.56. The molecule has 0 aromatic rings. The van der Waals surface area contributed by atoms with Gasteiger partial charge in [0, 0.05) is 0 Å². The third-order valence-corrected chi connectivity index (χ3v) is 1.73. The lowest BCUT2D eigenvalue weighted by Crippen LogP contribution is -2.23. The summed E-state index contributed by atoms with van der Waals surface area (Å²) in [5, 5.41) is 12.7. The van der Waals surface area contributed by atoms with Crippen LogP contribution in [0.3, 0.4) is 0 Å². The molecule has 0 aromatic heterocycles. The fraction of sp³-hybridized carbons (Fsp3) is 0.333. The van der Waals surface area contributed by atoms with E-state index in [0.29, 0.717) is 0 Å². The first-order chi connectivity index (χ1) is 5.63. The van der Waals surface area contributed by atoms with Gasteiger partial charge in [-0.1, -0.05) is 17.7 Å². The first-order valence-corrected chi connectivity index (χ1v) is 4.21. The molecule has 0 aliphatic carbocycles. The van der Waals surface area contributed by atoms with Crippen LogP contribution in [0.15, 0.2) is 10.9 Å². The van der Waals surface area contributed by atoms with Crippen LogP contribution < -0.4 is 11.1 Å². The van der Waals surface area contributed by atoms with Crippen LogP contribution in [0.25, 0.3) is 0 Å². The summed E-state index contributed by atoms with van der Waals surface area (Å²) in [5.41, 5.74) is 5.33. The SMILES string of the molecule is C#CCNC(N)=C(SC)[N+](=O)[O-]. The summed E-state index contributed by atoms with van der Waals surface area (Å²) in [6.45, 7) is 0.184. The van der Waals surface area contributed by atoms with Gasteiger partial charge in [-0.3, -0.25) is 10.1 Å². The van der Waals surface area contributed by atoms with Crippen molar-refractivity contribution in [1.29, 1.82) is 0 Å². The average molecular weight is 187 g/mol. The monoisotopic (exact) mass is 187 g/mol. The maximum atomic E-state index is 10.3. The normalized spacial score (nSPS) is 11.3. The van der Waals surface area contributed by atoms with Crippen molar-refractivity contribution >= 4 is 11.8 Å². The number of nitrogens with zero attached hydrogens (tertiary/aromatic N) is 1. The zero-order valence-electron chi connectivity index (χ0n) is 6.53. The topological polar surface area (TPSA) is 81.2 Å². The Hall–Kier alpha value is -1.35. The van der Waals surface area contributed by atoms with Crippen LogP contribution in [0, 0.1) is 22.5 Å². The molecule has 12 heavy (non-hydrogen) atoms. The summed E-state index contributed by atoms with van der Waals surface area (Å²) >= 11 is 0.961. The highest BCUT2D eigenvalue weighted by Crippen LogP contribution is 2.12. The fourth-order valence-electron chi connectivity index (χ4n) is 0.505. The van der Waals surface area contributed by atoms with Gasteiger partial charge in [0.15, 0.2) is 5.82 Å². The van der Waals surface area contributed by atoms with E-state index >= 15 is 0 Å². The van der Waals surface area contributed by atoms with Crippen molar-refractivity contribution in [3.8, 4) is 12.3 Å². The predicted octanol–water partition coefficient (Wildman–Crippen LogP) is -0.0658. The maximum absolute atomic E-state index is 10.3. The Labute approximate surface area is 74.5 Å². The largest absolute Gasteiger partial charge is 0.379 e. The van der Waals surface area contributed by atoms with Crippen LogP contribution in [0.1, 0.15) is 0 Å². The van der Waals surface area contributed by atoms with Crippen LogP contribution in [0.5, 0.6) is 0 Å². The minimum Gasteiger partial charge on any atom is -0.379 e. The third-order valence-electron chi connectivity index (χ3n) is 0.970. The molecule has 5 nitrogen and oxygen atoms in total. The first kappa shape index (κ1) is 10.7. The molecule has 0 fully saturated rings. The number of hydrogen-bond acceptors (Lipinski definition) is 5. The van der Waals surface area contributed by atoms with Crippen LogP contribution >= 0.6 is 11.8 Å². The van der Waals surface area contributed by atoms with E-state index < -0.39 is 4.92 Å². The molecular formula is C6H9N3O2S. The molecule has 66 valence electrons. The molecule has 0 aliphatic rings. The van der Waals surface area contributed by atoms with E-state index in [0.717, 1.165) is 11.8 Å². The number of nitro groups is 1. The number of thioether (sulfide) groups is 1. The van der Waals surface area contributed by atoms with Gasteiger partial charge in [0.1, 0.15) is 0 Å². The Morgan fingerprint density at radius 2 is 2.50 bits per heavy atom. The molecule has 0 atom stereocenters. The number of nitrogens with two attached hydrogens (primary N) is 1. The second kappa shape index (κ2) is 5.32. The van der Waals surface area contributed by atoms with Crippen molar-refractivity contribution in [2.24, 2.45) is 5.73 Å². The molecule has 0 aromatic carbocycles. The third kappa shape index (κ3) is 3.16. The summed E-state index contributed by atoms with van der Waals surface area (Å²) < 4.78 is 0. The molecule has 0 bridgehead atoms. The van der Waals surface area contributed by atoms with E-state index in [1.54, 1.807) is 6.26 Å². The van der Waals surface area contributed by atoms with Crippen molar-refractivity contribution in [1.82, 2.24) is 5.32 Å². The lowest BCUT2D eigenvalue weighted by atomic mass is 10.6. The highest BCUT2D eigenvalue weighted by atomic mass is 32.2. The predicted molar refractivity (Wildman–Crippen MR) is 48.6 cm³/mol. The summed E-state index contributed by atoms with van der Waals surface area (Å²) in [4.78, 5) is 9.74. The minimum absolute atomic E-state index is 0.00505. The standard InChI is InChI=1S/C6H9N3O2S/c1-3-4-8-5(7)6(12-2)9(10)11/h1,8H,4,7H2,2H3. The van der Waals surface area contributed by atoms with Crippen molar-refractivity contribution in [3.63, 3.8) is 0 Å². The lowest BCUT2D eigenvalue weighted by molar-refractivity contribution is -0.411. The van der Waals surface area contributed by atoms with Gasteiger partial charge in [-0.15, -0.1) is 6.42 Å². The summed E-state index contributed by atoms with van der Waals surface area (Å²) in [5.74, 6) is 2.26. The van der Waals surface area contributed by atoms with Crippen molar-refractivity contribution < 1.29 is 4.92 Å². The summed E-state index contributed by atoms with van der Waals surface area (Å²) in [6, 6.07) is 0. The Balaban J connectivity index is 4.40. The zero-order valence-corrected chi connectivity index (χ0v) is 7.35. The van der Waals surface area contributed by atoms with E-state index in [1.165, 1.54) is 0 Å². The molecule has 0 unspecified atom stereocenters. The van der Waals surface area contributed by atoms with E-state index in [2.05, 4.69) is 11.2 Å². The molecule has 3 N–H and O–H groups in total. The highest BCUT2D eigenvalue weighted by Gasteiger charge is 2.13.